The van der Waals surface area contributed by atoms with Crippen molar-refractivity contribution in [2.45, 2.75) is 52.5 Å². The van der Waals surface area contributed by atoms with Gasteiger partial charge in [0.15, 0.2) is 0 Å². The number of benzene rings is 1. The number of rotatable bonds is 7. The lowest BCUT2D eigenvalue weighted by molar-refractivity contribution is -0.124. The van der Waals surface area contributed by atoms with E-state index in [9.17, 15) is 4.79 Å². The molecule has 0 bridgehead atoms. The Morgan fingerprint density at radius 2 is 1.76 bits per heavy atom. The van der Waals surface area contributed by atoms with Crippen molar-refractivity contribution in [2.24, 2.45) is 11.1 Å². The Kier molecular flexibility index (Phi) is 9.31. The van der Waals surface area contributed by atoms with Gasteiger partial charge >= 0.3 is 0 Å². The summed E-state index contributed by atoms with van der Waals surface area (Å²) in [5.74, 6) is -0.0411. The molecule has 0 aromatic heterocycles. The van der Waals surface area contributed by atoms with E-state index < -0.39 is 6.04 Å². The van der Waals surface area contributed by atoms with Gasteiger partial charge in [0.25, 0.3) is 0 Å². The zero-order valence-electron chi connectivity index (χ0n) is 13.4. The minimum atomic E-state index is -0.438. The molecule has 1 rings (SSSR count). The summed E-state index contributed by atoms with van der Waals surface area (Å²) in [5, 5.41) is 2.92. The normalized spacial score (nSPS) is 12.4. The lowest BCUT2D eigenvalue weighted by Gasteiger charge is -2.25. The smallest absolute Gasteiger partial charge is 0.237 e. The van der Waals surface area contributed by atoms with Gasteiger partial charge in [-0.1, -0.05) is 57.5 Å². The average Bonchev–Trinajstić information content (AvgIpc) is 2.41. The lowest BCUT2D eigenvalue weighted by atomic mass is 9.87. The third kappa shape index (κ3) is 8.08. The predicted octanol–water partition coefficient (Wildman–Crippen LogP) is 3.31. The summed E-state index contributed by atoms with van der Waals surface area (Å²) < 4.78 is 0. The molecule has 1 aromatic carbocycles. The van der Waals surface area contributed by atoms with Gasteiger partial charge in [-0.25, -0.2) is 0 Å². The summed E-state index contributed by atoms with van der Waals surface area (Å²) in [5.41, 5.74) is 7.10. The molecule has 3 nitrogen and oxygen atoms in total. The lowest BCUT2D eigenvalue weighted by Crippen LogP contribution is -2.48. The molecular formula is C17H29ClN2O. The van der Waals surface area contributed by atoms with Crippen LogP contribution in [0, 0.1) is 5.41 Å². The zero-order valence-corrected chi connectivity index (χ0v) is 14.2. The van der Waals surface area contributed by atoms with Gasteiger partial charge in [-0.2, -0.15) is 0 Å². The molecule has 0 spiro atoms. The highest BCUT2D eigenvalue weighted by Gasteiger charge is 2.26. The first-order valence-corrected chi connectivity index (χ1v) is 7.48. The van der Waals surface area contributed by atoms with Gasteiger partial charge in [0.05, 0.1) is 6.04 Å². The summed E-state index contributed by atoms with van der Waals surface area (Å²) in [6.45, 7) is 6.67. The predicted molar refractivity (Wildman–Crippen MR) is 91.7 cm³/mol. The molecule has 0 saturated heterocycles. The number of aryl methyl sites for hydroxylation is 1. The summed E-state index contributed by atoms with van der Waals surface area (Å²) in [6.07, 6.45) is 4.40. The van der Waals surface area contributed by atoms with Crippen molar-refractivity contribution in [3.05, 3.63) is 35.9 Å². The minimum Gasteiger partial charge on any atom is -0.355 e. The van der Waals surface area contributed by atoms with E-state index in [1.807, 2.05) is 26.8 Å². The van der Waals surface area contributed by atoms with Crippen LogP contribution in [0.5, 0.6) is 0 Å². The molecule has 0 heterocycles. The quantitative estimate of drug-likeness (QED) is 0.759. The van der Waals surface area contributed by atoms with Gasteiger partial charge in [0, 0.05) is 6.54 Å². The molecule has 3 N–H and O–H groups in total. The number of carbonyl (C=O) groups excluding carboxylic acids is 1. The Morgan fingerprint density at radius 1 is 1.14 bits per heavy atom. The van der Waals surface area contributed by atoms with E-state index >= 15 is 0 Å². The summed E-state index contributed by atoms with van der Waals surface area (Å²) in [7, 11) is 0. The fourth-order valence-electron chi connectivity index (χ4n) is 1.99. The van der Waals surface area contributed by atoms with E-state index in [1.165, 1.54) is 5.56 Å². The van der Waals surface area contributed by atoms with E-state index in [0.29, 0.717) is 0 Å². The van der Waals surface area contributed by atoms with Crippen LogP contribution in [0.3, 0.4) is 0 Å². The molecular weight excluding hydrogens is 284 g/mol. The first-order chi connectivity index (χ1) is 9.41. The van der Waals surface area contributed by atoms with E-state index in [4.69, 9.17) is 5.73 Å². The Labute approximate surface area is 135 Å². The first kappa shape index (κ1) is 19.9. The number of unbranched alkanes of at least 4 members (excludes halogenated alkanes) is 2. The Balaban J connectivity index is 0.00000400. The van der Waals surface area contributed by atoms with Crippen LogP contribution in [-0.2, 0) is 11.2 Å². The van der Waals surface area contributed by atoms with E-state index in [1.54, 1.807) is 0 Å². The van der Waals surface area contributed by atoms with Crippen LogP contribution >= 0.6 is 12.4 Å². The van der Waals surface area contributed by atoms with Crippen LogP contribution in [0.25, 0.3) is 0 Å². The van der Waals surface area contributed by atoms with Gasteiger partial charge in [0.1, 0.15) is 0 Å². The number of amides is 1. The second-order valence-corrected chi connectivity index (χ2v) is 6.43. The van der Waals surface area contributed by atoms with Gasteiger partial charge < -0.3 is 11.1 Å². The fourth-order valence-corrected chi connectivity index (χ4v) is 1.99. The largest absolute Gasteiger partial charge is 0.355 e. The molecule has 0 saturated carbocycles. The number of nitrogens with two attached hydrogens (primary N) is 1. The van der Waals surface area contributed by atoms with E-state index in [-0.39, 0.29) is 23.7 Å². The van der Waals surface area contributed by atoms with E-state index in [0.717, 1.165) is 32.2 Å². The van der Waals surface area contributed by atoms with Crippen molar-refractivity contribution in [3.8, 4) is 0 Å². The fraction of sp³-hybridized carbons (Fsp3) is 0.588. The summed E-state index contributed by atoms with van der Waals surface area (Å²) >= 11 is 0. The van der Waals surface area contributed by atoms with Crippen LogP contribution in [0.2, 0.25) is 0 Å². The first-order valence-electron chi connectivity index (χ1n) is 7.48. The maximum atomic E-state index is 11.8. The highest BCUT2D eigenvalue weighted by molar-refractivity contribution is 5.85. The molecule has 1 aromatic rings. The van der Waals surface area contributed by atoms with E-state index in [2.05, 4.69) is 29.6 Å². The third-order valence-electron chi connectivity index (χ3n) is 3.50. The molecule has 1 atom stereocenters. The minimum absolute atomic E-state index is 0. The Morgan fingerprint density at radius 3 is 2.33 bits per heavy atom. The number of hydrogen-bond acceptors (Lipinski definition) is 2. The zero-order chi connectivity index (χ0) is 15.0. The van der Waals surface area contributed by atoms with Crippen LogP contribution in [0.1, 0.15) is 45.6 Å². The van der Waals surface area contributed by atoms with Crippen molar-refractivity contribution in [3.63, 3.8) is 0 Å². The highest BCUT2D eigenvalue weighted by Crippen LogP contribution is 2.17. The molecule has 0 radical (unpaired) electrons. The van der Waals surface area contributed by atoms with Crippen molar-refractivity contribution in [2.75, 3.05) is 6.54 Å². The highest BCUT2D eigenvalue weighted by atomic mass is 35.5. The number of nitrogens with one attached hydrogen (secondary N) is 1. The van der Waals surface area contributed by atoms with Gasteiger partial charge in [-0.05, 0) is 30.2 Å². The van der Waals surface area contributed by atoms with Crippen LogP contribution < -0.4 is 11.1 Å². The second-order valence-electron chi connectivity index (χ2n) is 6.43. The van der Waals surface area contributed by atoms with Crippen molar-refractivity contribution in [1.82, 2.24) is 5.32 Å². The second kappa shape index (κ2) is 9.80. The number of carbonyl (C=O) groups is 1. The maximum Gasteiger partial charge on any atom is 0.237 e. The van der Waals surface area contributed by atoms with Crippen molar-refractivity contribution >= 4 is 18.3 Å². The van der Waals surface area contributed by atoms with Gasteiger partial charge in [-0.3, -0.25) is 4.79 Å². The number of halogens is 1. The molecule has 0 aliphatic carbocycles. The van der Waals surface area contributed by atoms with Gasteiger partial charge in [-0.15, -0.1) is 12.4 Å². The van der Waals surface area contributed by atoms with Crippen LogP contribution in [-0.4, -0.2) is 18.5 Å². The molecule has 0 aliphatic heterocycles. The third-order valence-corrected chi connectivity index (χ3v) is 3.50. The molecule has 120 valence electrons. The molecule has 0 aliphatic rings. The molecule has 1 amide bonds. The molecule has 0 fully saturated rings. The Hall–Kier alpha value is -1.06. The van der Waals surface area contributed by atoms with Crippen LogP contribution in [0.4, 0.5) is 0 Å². The monoisotopic (exact) mass is 312 g/mol. The number of hydrogen-bond donors (Lipinski definition) is 2. The van der Waals surface area contributed by atoms with Gasteiger partial charge in [0.2, 0.25) is 5.91 Å². The summed E-state index contributed by atoms with van der Waals surface area (Å²) in [6, 6.07) is 10.1. The van der Waals surface area contributed by atoms with Crippen molar-refractivity contribution < 1.29 is 4.79 Å². The Bertz CT molecular complexity index is 401. The SMILES string of the molecule is CC(C)(C)[C@H](N)C(=O)NCCCCCc1ccccc1.Cl. The molecule has 0 unspecified atom stereocenters. The van der Waals surface area contributed by atoms with Crippen LogP contribution in [0.15, 0.2) is 30.3 Å². The molecule has 21 heavy (non-hydrogen) atoms. The molecule has 4 heteroatoms. The topological polar surface area (TPSA) is 55.1 Å². The average molecular weight is 313 g/mol. The maximum absolute atomic E-state index is 11.8. The summed E-state index contributed by atoms with van der Waals surface area (Å²) in [4.78, 5) is 11.8. The van der Waals surface area contributed by atoms with Crippen molar-refractivity contribution in [1.29, 1.82) is 0 Å². The standard InChI is InChI=1S/C17H28N2O.ClH/c1-17(2,3)15(18)16(20)19-13-9-5-8-12-14-10-6-4-7-11-14;/h4,6-7,10-11,15H,5,8-9,12-13,18H2,1-3H3,(H,19,20);1H/t15-;/m1./s1.